The lowest BCUT2D eigenvalue weighted by atomic mass is 10.0. The van der Waals surface area contributed by atoms with E-state index in [1.807, 2.05) is 37.3 Å². The molecule has 1 saturated heterocycles. The van der Waals surface area contributed by atoms with Crippen LogP contribution < -0.4 is 11.1 Å². The molecule has 2 unspecified atom stereocenters. The molecular formula is C21H27N3O. The van der Waals surface area contributed by atoms with E-state index in [0.717, 1.165) is 38.0 Å². The van der Waals surface area contributed by atoms with Crippen molar-refractivity contribution in [2.24, 2.45) is 5.73 Å². The van der Waals surface area contributed by atoms with Crippen molar-refractivity contribution in [1.29, 1.82) is 0 Å². The zero-order valence-corrected chi connectivity index (χ0v) is 14.8. The normalized spacial score (nSPS) is 19.4. The van der Waals surface area contributed by atoms with Crippen LogP contribution >= 0.6 is 0 Å². The molecule has 2 aromatic carbocycles. The number of benzene rings is 2. The summed E-state index contributed by atoms with van der Waals surface area (Å²) in [4.78, 5) is 14.9. The van der Waals surface area contributed by atoms with Gasteiger partial charge in [-0.05, 0) is 37.4 Å². The summed E-state index contributed by atoms with van der Waals surface area (Å²) in [7, 11) is 0. The molecule has 0 radical (unpaired) electrons. The highest BCUT2D eigenvalue weighted by Crippen LogP contribution is 2.16. The highest BCUT2D eigenvalue weighted by atomic mass is 16.2. The number of nitrogens with two attached hydrogens (primary N) is 1. The van der Waals surface area contributed by atoms with Gasteiger partial charge >= 0.3 is 0 Å². The molecule has 1 aliphatic rings. The molecule has 0 aromatic heterocycles. The van der Waals surface area contributed by atoms with Crippen molar-refractivity contribution in [3.05, 3.63) is 71.3 Å². The fourth-order valence-electron chi connectivity index (χ4n) is 3.37. The first-order valence-electron chi connectivity index (χ1n) is 9.00. The van der Waals surface area contributed by atoms with E-state index >= 15 is 0 Å². The Morgan fingerprint density at radius 3 is 2.64 bits per heavy atom. The average molecular weight is 337 g/mol. The van der Waals surface area contributed by atoms with E-state index < -0.39 is 6.04 Å². The fourth-order valence-corrected chi connectivity index (χ4v) is 3.37. The van der Waals surface area contributed by atoms with Gasteiger partial charge in [-0.3, -0.25) is 9.69 Å². The molecule has 2 aromatic rings. The van der Waals surface area contributed by atoms with Gasteiger partial charge in [-0.25, -0.2) is 0 Å². The van der Waals surface area contributed by atoms with E-state index in [2.05, 4.69) is 34.5 Å². The maximum atomic E-state index is 12.5. The van der Waals surface area contributed by atoms with Crippen molar-refractivity contribution >= 4 is 5.91 Å². The van der Waals surface area contributed by atoms with Gasteiger partial charge in [-0.15, -0.1) is 0 Å². The van der Waals surface area contributed by atoms with Gasteiger partial charge in [0.25, 0.3) is 0 Å². The van der Waals surface area contributed by atoms with Crippen LogP contribution in [0.25, 0.3) is 0 Å². The van der Waals surface area contributed by atoms with Crippen molar-refractivity contribution in [1.82, 2.24) is 10.2 Å². The topological polar surface area (TPSA) is 58.4 Å². The second-order valence-corrected chi connectivity index (χ2v) is 6.96. The van der Waals surface area contributed by atoms with E-state index in [-0.39, 0.29) is 11.9 Å². The number of hydrogen-bond donors (Lipinski definition) is 2. The number of aryl methyl sites for hydroxylation is 1. The van der Waals surface area contributed by atoms with Crippen LogP contribution in [0.1, 0.15) is 35.6 Å². The number of rotatable bonds is 5. The Hall–Kier alpha value is -2.17. The smallest absolute Gasteiger partial charge is 0.241 e. The second-order valence-electron chi connectivity index (χ2n) is 6.96. The molecular weight excluding hydrogens is 310 g/mol. The molecule has 1 heterocycles. The lowest BCUT2D eigenvalue weighted by Crippen LogP contribution is -2.49. The zero-order chi connectivity index (χ0) is 17.6. The zero-order valence-electron chi connectivity index (χ0n) is 14.8. The van der Waals surface area contributed by atoms with Gasteiger partial charge in [-0.2, -0.15) is 0 Å². The minimum absolute atomic E-state index is 0.0876. The van der Waals surface area contributed by atoms with Gasteiger partial charge in [0, 0.05) is 19.1 Å². The summed E-state index contributed by atoms with van der Waals surface area (Å²) in [5.74, 6) is -0.0876. The van der Waals surface area contributed by atoms with E-state index in [1.54, 1.807) is 0 Å². The maximum absolute atomic E-state index is 12.5. The minimum Gasteiger partial charge on any atom is -0.350 e. The Labute approximate surface area is 150 Å². The first-order chi connectivity index (χ1) is 12.1. The van der Waals surface area contributed by atoms with Gasteiger partial charge in [0.05, 0.1) is 0 Å². The Bertz CT molecular complexity index is 684. The minimum atomic E-state index is -0.606. The molecule has 3 rings (SSSR count). The van der Waals surface area contributed by atoms with E-state index in [9.17, 15) is 4.79 Å². The van der Waals surface area contributed by atoms with Crippen LogP contribution in [0.4, 0.5) is 0 Å². The number of piperidine rings is 1. The van der Waals surface area contributed by atoms with Crippen LogP contribution in [-0.2, 0) is 11.3 Å². The summed E-state index contributed by atoms with van der Waals surface area (Å²) < 4.78 is 0. The summed E-state index contributed by atoms with van der Waals surface area (Å²) in [5, 5.41) is 3.14. The Kier molecular flexibility index (Phi) is 5.84. The van der Waals surface area contributed by atoms with Crippen molar-refractivity contribution in [2.75, 3.05) is 13.1 Å². The number of hydrogen-bond acceptors (Lipinski definition) is 3. The summed E-state index contributed by atoms with van der Waals surface area (Å²) in [6.45, 7) is 4.91. The molecule has 2 atom stereocenters. The number of carbonyl (C=O) groups excluding carboxylic acids is 1. The molecule has 1 fully saturated rings. The molecule has 0 bridgehead atoms. The Morgan fingerprint density at radius 2 is 1.92 bits per heavy atom. The van der Waals surface area contributed by atoms with Crippen molar-refractivity contribution in [3.63, 3.8) is 0 Å². The highest BCUT2D eigenvalue weighted by molar-refractivity contribution is 5.83. The first-order valence-corrected chi connectivity index (χ1v) is 9.00. The predicted octanol–water partition coefficient (Wildman–Crippen LogP) is 2.78. The van der Waals surface area contributed by atoms with Gasteiger partial charge in [0.2, 0.25) is 5.91 Å². The van der Waals surface area contributed by atoms with Crippen LogP contribution in [-0.4, -0.2) is 29.9 Å². The van der Waals surface area contributed by atoms with Gasteiger partial charge in [-0.1, -0.05) is 60.2 Å². The van der Waals surface area contributed by atoms with Crippen molar-refractivity contribution in [2.45, 2.75) is 38.4 Å². The maximum Gasteiger partial charge on any atom is 0.241 e. The highest BCUT2D eigenvalue weighted by Gasteiger charge is 2.24. The van der Waals surface area contributed by atoms with Crippen molar-refractivity contribution < 1.29 is 4.79 Å². The van der Waals surface area contributed by atoms with Gasteiger partial charge in [0.1, 0.15) is 6.04 Å². The molecule has 0 saturated carbocycles. The SMILES string of the molecule is Cc1ccc(C(N)C(=O)NC2CCCN(Cc3ccccc3)C2)cc1. The first kappa shape index (κ1) is 17.6. The number of carbonyl (C=O) groups is 1. The molecule has 1 amide bonds. The van der Waals surface area contributed by atoms with E-state index in [1.165, 1.54) is 11.1 Å². The number of likely N-dealkylation sites (tertiary alicyclic amines) is 1. The number of nitrogens with one attached hydrogen (secondary N) is 1. The molecule has 132 valence electrons. The van der Waals surface area contributed by atoms with E-state index in [4.69, 9.17) is 5.73 Å². The van der Waals surface area contributed by atoms with Gasteiger partial charge in [0.15, 0.2) is 0 Å². The Morgan fingerprint density at radius 1 is 1.20 bits per heavy atom. The molecule has 0 spiro atoms. The molecule has 25 heavy (non-hydrogen) atoms. The Balaban J connectivity index is 1.54. The van der Waals surface area contributed by atoms with Crippen LogP contribution in [0.5, 0.6) is 0 Å². The van der Waals surface area contributed by atoms with Crippen LogP contribution in [0, 0.1) is 6.92 Å². The second kappa shape index (κ2) is 8.28. The summed E-state index contributed by atoms with van der Waals surface area (Å²) in [6.07, 6.45) is 2.11. The lowest BCUT2D eigenvalue weighted by molar-refractivity contribution is -0.123. The van der Waals surface area contributed by atoms with Crippen LogP contribution in [0.2, 0.25) is 0 Å². The third kappa shape index (κ3) is 4.91. The van der Waals surface area contributed by atoms with Crippen LogP contribution in [0.3, 0.4) is 0 Å². The molecule has 4 nitrogen and oxygen atoms in total. The molecule has 4 heteroatoms. The average Bonchev–Trinajstić information content (AvgIpc) is 2.63. The van der Waals surface area contributed by atoms with E-state index in [0.29, 0.717) is 0 Å². The predicted molar refractivity (Wildman–Crippen MR) is 101 cm³/mol. The standard InChI is InChI=1S/C21H27N3O/c1-16-9-11-18(12-10-16)20(22)21(25)23-19-8-5-13-24(15-19)14-17-6-3-2-4-7-17/h2-4,6-7,9-12,19-20H,5,8,13-15,22H2,1H3,(H,23,25). The summed E-state index contributed by atoms with van der Waals surface area (Å²) in [5.41, 5.74) is 9.48. The lowest BCUT2D eigenvalue weighted by Gasteiger charge is -2.33. The summed E-state index contributed by atoms with van der Waals surface area (Å²) >= 11 is 0. The quantitative estimate of drug-likeness (QED) is 0.882. The largest absolute Gasteiger partial charge is 0.350 e. The molecule has 3 N–H and O–H groups in total. The monoisotopic (exact) mass is 337 g/mol. The summed E-state index contributed by atoms with van der Waals surface area (Å²) in [6, 6.07) is 17.9. The third-order valence-electron chi connectivity index (χ3n) is 4.82. The number of amides is 1. The van der Waals surface area contributed by atoms with Gasteiger partial charge < -0.3 is 11.1 Å². The third-order valence-corrected chi connectivity index (χ3v) is 4.82. The fraction of sp³-hybridized carbons (Fsp3) is 0.381. The molecule has 0 aliphatic carbocycles. The number of nitrogens with zero attached hydrogens (tertiary/aromatic N) is 1. The van der Waals surface area contributed by atoms with Crippen LogP contribution in [0.15, 0.2) is 54.6 Å². The molecule has 1 aliphatic heterocycles. The van der Waals surface area contributed by atoms with Crippen molar-refractivity contribution in [3.8, 4) is 0 Å².